The van der Waals surface area contributed by atoms with Gasteiger partial charge in [0.25, 0.3) is 0 Å². The molecule has 0 spiro atoms. The van der Waals surface area contributed by atoms with Gasteiger partial charge in [-0.3, -0.25) is 9.59 Å². The molecule has 7 aliphatic rings. The summed E-state index contributed by atoms with van der Waals surface area (Å²) in [6.45, 7) is -4.88. The van der Waals surface area contributed by atoms with Gasteiger partial charge in [-0.1, -0.05) is 0 Å². The zero-order chi connectivity index (χ0) is 61.9. The maximum atomic E-state index is 12.7. The first-order valence-electron chi connectivity index (χ1n) is 26.6. The maximum Gasteiger partial charge on any atom is 0.217 e. The van der Waals surface area contributed by atoms with E-state index >= 15 is 0 Å². The van der Waals surface area contributed by atoms with Crippen LogP contribution in [0.3, 0.4) is 0 Å². The van der Waals surface area contributed by atoms with Crippen LogP contribution in [0.2, 0.25) is 0 Å². The fourth-order valence-corrected chi connectivity index (χ4v) is 10.7. The predicted molar refractivity (Wildman–Crippen MR) is 255 cm³/mol. The van der Waals surface area contributed by atoms with E-state index in [-0.39, 0.29) is 0 Å². The number of carbonyl (C=O) groups excluding carboxylic acids is 2. The van der Waals surface area contributed by atoms with Gasteiger partial charge < -0.3 is 179 Å². The van der Waals surface area contributed by atoms with Crippen molar-refractivity contribution in [2.24, 2.45) is 0 Å². The van der Waals surface area contributed by atoms with Gasteiger partial charge in [0.05, 0.1) is 46.2 Å². The molecule has 0 aromatic rings. The number of hydrogen-bond donors (Lipinski definition) is 23. The third-order valence-electron chi connectivity index (χ3n) is 15.3. The Bertz CT molecular complexity index is 2060. The minimum atomic E-state index is -2.37. The van der Waals surface area contributed by atoms with E-state index < -0.39 is 273 Å². The molecule has 7 aliphatic heterocycles. The molecule has 38 heteroatoms. The zero-order valence-electron chi connectivity index (χ0n) is 44.7. The Balaban J connectivity index is 1.14. The molecule has 0 bridgehead atoms. The summed E-state index contributed by atoms with van der Waals surface area (Å²) in [5, 5.41) is 231. The van der Waals surface area contributed by atoms with Gasteiger partial charge in [0.15, 0.2) is 44.0 Å². The van der Waals surface area contributed by atoms with Crippen molar-refractivity contribution >= 4 is 11.8 Å². The molecule has 0 aromatic carbocycles. The van der Waals surface area contributed by atoms with Crippen LogP contribution in [-0.4, -0.2) is 380 Å². The SMILES string of the molecule is CC(=O)N[C@H]1[C@H](O[C@H]2[C@H](O)[C@@H](NC(C)=O)C(O)O[C@@H]2CO)O[C@H](CO)[C@@H](O[C@@H]2O[C@H](CO[C@H]3O[C@H](CO)[C@@H](O[C@@H]4O[C@H](CO)[C@H](O)[C@H](O)[C@H]4O)[C@H](O)[C@@H]3O)[C@@H](O)[C@H](O[C@H]3O[C@H](CO)[C@@H](O[C@@H]4O[C@H](CO)[C@H](O)[C@H](O)[C@H]4O)[C@H](O)[C@@H]3O)[C@@H]2O)[C@@H]1O. The lowest BCUT2D eigenvalue weighted by atomic mass is 9.94. The van der Waals surface area contributed by atoms with Crippen LogP contribution < -0.4 is 10.6 Å². The smallest absolute Gasteiger partial charge is 0.217 e. The minimum absolute atomic E-state index is 0.738. The number of carbonyl (C=O) groups is 2. The van der Waals surface area contributed by atoms with Crippen LogP contribution in [0.4, 0.5) is 0 Å². The van der Waals surface area contributed by atoms with E-state index in [0.29, 0.717) is 0 Å². The Morgan fingerprint density at radius 2 is 0.619 bits per heavy atom. The lowest BCUT2D eigenvalue weighted by Gasteiger charge is -2.50. The minimum Gasteiger partial charge on any atom is -0.394 e. The number of hydrogen-bond acceptors (Lipinski definition) is 36. The summed E-state index contributed by atoms with van der Waals surface area (Å²) in [5.41, 5.74) is 0. The predicted octanol–water partition coefficient (Wildman–Crippen LogP) is -16.0. The topological polar surface area (TPSA) is 603 Å². The van der Waals surface area contributed by atoms with Gasteiger partial charge in [0.1, 0.15) is 171 Å². The fraction of sp³-hybridized carbons (Fsp3) is 0.957. The Kier molecular flexibility index (Phi) is 24.6. The highest BCUT2D eigenvalue weighted by atomic mass is 16.8. The van der Waals surface area contributed by atoms with Crippen molar-refractivity contribution in [2.75, 3.05) is 46.2 Å². The molecule has 35 atom stereocenters. The second kappa shape index (κ2) is 29.9. The van der Waals surface area contributed by atoms with Crippen LogP contribution >= 0.6 is 0 Å². The van der Waals surface area contributed by atoms with E-state index in [0.717, 1.165) is 13.8 Å². The average Bonchev–Trinajstić information content (AvgIpc) is 3.34. The Morgan fingerprint density at radius 3 is 1.06 bits per heavy atom. The third-order valence-corrected chi connectivity index (χ3v) is 15.3. The second-order valence-electron chi connectivity index (χ2n) is 21.1. The molecular weight excluding hydrogens is 1160 g/mol. The van der Waals surface area contributed by atoms with Gasteiger partial charge >= 0.3 is 0 Å². The van der Waals surface area contributed by atoms with E-state index in [1.54, 1.807) is 0 Å². The first-order chi connectivity index (χ1) is 39.7. The summed E-state index contributed by atoms with van der Waals surface area (Å²) >= 11 is 0. The standard InChI is InChI=1S/C46H78N2O36/c1-10(55)47-19-24(60)35(14(5-51)73-40(19)71)80-41-20(48-11(2)56)25(61)36(15(6-52)76-41)81-46-34(70)39(84-45-33(69)29(65)38(17(8-54)78-45)83-44-31(67)27(63)22(58)13(4-50)75-44)23(59)18(79-46)9-72-42-32(68)28(64)37(16(7-53)77-42)82-43-30(66)26(62)21(57)12(3-49)74-43/h12-46,49-54,57-71H,3-9H2,1-2H3,(H,47,55)(H,48,56)/t12-,13-,14-,15-,16-,17-,18-,19-,20-,21+,22+,23-,24-,25-,26+,27+,28-,29-,30-,31-,32+,33+,34+,35-,36-,37-,38-,39+,40?,41+,42+,43+,44+,45-,46+/m1/s1. The van der Waals surface area contributed by atoms with Crippen LogP contribution in [0, 0.1) is 0 Å². The van der Waals surface area contributed by atoms with Gasteiger partial charge in [-0.15, -0.1) is 0 Å². The number of nitrogens with one attached hydrogen (secondary N) is 2. The quantitative estimate of drug-likeness (QED) is 0.0507. The molecule has 0 aromatic heterocycles. The van der Waals surface area contributed by atoms with Crippen molar-refractivity contribution in [3.05, 3.63) is 0 Å². The number of aliphatic hydroxyl groups is 21. The van der Waals surface area contributed by atoms with E-state index in [4.69, 9.17) is 61.6 Å². The van der Waals surface area contributed by atoms with E-state index in [1.807, 2.05) is 0 Å². The lowest BCUT2D eigenvalue weighted by molar-refractivity contribution is -0.392. The van der Waals surface area contributed by atoms with E-state index in [1.165, 1.54) is 0 Å². The van der Waals surface area contributed by atoms with E-state index in [2.05, 4.69) is 10.6 Å². The molecule has 7 rings (SSSR count). The summed E-state index contributed by atoms with van der Waals surface area (Å²) in [6, 6.07) is -3.37. The van der Waals surface area contributed by atoms with Gasteiger partial charge in [-0.2, -0.15) is 0 Å². The number of ether oxygens (including phenoxy) is 13. The molecule has 0 saturated carbocycles. The first-order valence-corrected chi connectivity index (χ1v) is 26.6. The normalized spacial score (nSPS) is 50.3. The molecule has 7 heterocycles. The lowest BCUT2D eigenvalue weighted by Crippen LogP contribution is -2.70. The van der Waals surface area contributed by atoms with Gasteiger partial charge in [0, 0.05) is 13.8 Å². The number of amides is 2. The summed E-state index contributed by atoms with van der Waals surface area (Å²) in [4.78, 5) is 24.6. The summed E-state index contributed by atoms with van der Waals surface area (Å²) in [5.74, 6) is -1.61. The molecule has 2 amide bonds. The largest absolute Gasteiger partial charge is 0.394 e. The first kappa shape index (κ1) is 69.1. The summed E-state index contributed by atoms with van der Waals surface area (Å²) < 4.78 is 74.1. The second-order valence-corrected chi connectivity index (χ2v) is 21.1. The molecule has 84 heavy (non-hydrogen) atoms. The van der Waals surface area contributed by atoms with Crippen LogP contribution in [0.5, 0.6) is 0 Å². The highest BCUT2D eigenvalue weighted by Crippen LogP contribution is 2.37. The molecule has 1 unspecified atom stereocenters. The fourth-order valence-electron chi connectivity index (χ4n) is 10.7. The molecule has 0 radical (unpaired) electrons. The van der Waals surface area contributed by atoms with Crippen molar-refractivity contribution < 1.29 is 178 Å². The van der Waals surface area contributed by atoms with Crippen LogP contribution in [0.15, 0.2) is 0 Å². The van der Waals surface area contributed by atoms with Crippen molar-refractivity contribution in [3.8, 4) is 0 Å². The zero-order valence-corrected chi connectivity index (χ0v) is 44.7. The molecule has 23 N–H and O–H groups in total. The van der Waals surface area contributed by atoms with Gasteiger partial charge in [-0.25, -0.2) is 0 Å². The number of rotatable bonds is 21. The monoisotopic (exact) mass is 1230 g/mol. The molecule has 7 saturated heterocycles. The Labute approximate surface area is 475 Å². The molecule has 38 nitrogen and oxygen atoms in total. The van der Waals surface area contributed by atoms with Gasteiger partial charge in [-0.05, 0) is 0 Å². The maximum absolute atomic E-state index is 12.7. The summed E-state index contributed by atoms with van der Waals surface area (Å²) in [6.07, 6.45) is -64.6. The summed E-state index contributed by atoms with van der Waals surface area (Å²) in [7, 11) is 0. The Hall–Kier alpha value is -2.42. The van der Waals surface area contributed by atoms with Crippen molar-refractivity contribution in [1.29, 1.82) is 0 Å². The molecule has 488 valence electrons. The van der Waals surface area contributed by atoms with Crippen molar-refractivity contribution in [3.63, 3.8) is 0 Å². The van der Waals surface area contributed by atoms with Crippen LogP contribution in [0.25, 0.3) is 0 Å². The third kappa shape index (κ3) is 14.7. The molecule has 0 aliphatic carbocycles. The highest BCUT2D eigenvalue weighted by molar-refractivity contribution is 5.73. The van der Waals surface area contributed by atoms with Crippen LogP contribution in [0.1, 0.15) is 13.8 Å². The molecule has 7 fully saturated rings. The average molecular weight is 1240 g/mol. The van der Waals surface area contributed by atoms with Crippen LogP contribution in [-0.2, 0) is 71.2 Å². The Morgan fingerprint density at radius 1 is 0.310 bits per heavy atom. The van der Waals surface area contributed by atoms with Crippen molar-refractivity contribution in [2.45, 2.75) is 229 Å². The molecular formula is C46H78N2O36. The van der Waals surface area contributed by atoms with Crippen molar-refractivity contribution in [1.82, 2.24) is 10.6 Å². The highest BCUT2D eigenvalue weighted by Gasteiger charge is 2.58. The number of aliphatic hydroxyl groups excluding tert-OH is 21. The van der Waals surface area contributed by atoms with Gasteiger partial charge in [0.2, 0.25) is 11.8 Å². The van der Waals surface area contributed by atoms with E-state index in [9.17, 15) is 117 Å².